The Morgan fingerprint density at radius 2 is 2.12 bits per heavy atom. The van der Waals surface area contributed by atoms with Gasteiger partial charge in [0.15, 0.2) is 9.84 Å². The molecule has 2 aliphatic heterocycles. The van der Waals surface area contributed by atoms with Gasteiger partial charge in [-0.2, -0.15) is 17.0 Å². The minimum absolute atomic E-state index is 0.0883. The maximum atomic E-state index is 11.6. The van der Waals surface area contributed by atoms with Gasteiger partial charge in [0.2, 0.25) is 0 Å². The zero-order valence-corrected chi connectivity index (χ0v) is 15.9. The second kappa shape index (κ2) is 8.06. The molecule has 0 spiro atoms. The van der Waals surface area contributed by atoms with Gasteiger partial charge in [0.1, 0.15) is 6.04 Å². The van der Waals surface area contributed by atoms with Gasteiger partial charge in [-0.3, -0.25) is 16.0 Å². The molecule has 1 aromatic carbocycles. The molecule has 3 rings (SSSR count). The standard InChI is InChI=1S/C17H24N4O2S2/c1-25(22,23)14-6-4-12(5-7-14)17-15(9-18)19-11-16(21-17)20-10-13-3-2-8-24-13/h4-7,13,15-17,19-21H,2-3,8,10-11H2,1H3. The summed E-state index contributed by atoms with van der Waals surface area (Å²) in [4.78, 5) is 0.293. The number of benzene rings is 1. The molecule has 0 radical (unpaired) electrons. The van der Waals surface area contributed by atoms with Crippen molar-refractivity contribution in [2.75, 3.05) is 25.1 Å². The average molecular weight is 381 g/mol. The van der Waals surface area contributed by atoms with Gasteiger partial charge in [-0.25, -0.2) is 8.42 Å². The summed E-state index contributed by atoms with van der Waals surface area (Å²) in [5, 5.41) is 20.4. The van der Waals surface area contributed by atoms with Crippen LogP contribution in [0.2, 0.25) is 0 Å². The molecular weight excluding hydrogens is 356 g/mol. The number of nitrogens with zero attached hydrogens (tertiary/aromatic N) is 1. The van der Waals surface area contributed by atoms with Crippen LogP contribution in [0.1, 0.15) is 24.4 Å². The Morgan fingerprint density at radius 1 is 1.36 bits per heavy atom. The van der Waals surface area contributed by atoms with E-state index in [-0.39, 0.29) is 18.2 Å². The molecule has 0 aromatic heterocycles. The fourth-order valence-electron chi connectivity index (χ4n) is 3.28. The molecule has 0 aliphatic carbocycles. The molecule has 2 heterocycles. The van der Waals surface area contributed by atoms with Crippen molar-refractivity contribution in [2.24, 2.45) is 0 Å². The molecule has 2 saturated heterocycles. The molecule has 0 amide bonds. The van der Waals surface area contributed by atoms with Gasteiger partial charge in [0.05, 0.1) is 23.2 Å². The van der Waals surface area contributed by atoms with E-state index in [4.69, 9.17) is 0 Å². The summed E-state index contributed by atoms with van der Waals surface area (Å²) >= 11 is 2.02. The molecular formula is C17H24N4O2S2. The third kappa shape index (κ3) is 4.74. The molecule has 8 heteroatoms. The lowest BCUT2D eigenvalue weighted by molar-refractivity contribution is 0.271. The number of nitrogens with one attached hydrogen (secondary N) is 3. The van der Waals surface area contributed by atoms with Crippen LogP contribution in [0.4, 0.5) is 0 Å². The normalized spacial score (nSPS) is 30.1. The van der Waals surface area contributed by atoms with Crippen LogP contribution in [0, 0.1) is 11.3 Å². The second-order valence-corrected chi connectivity index (χ2v) is 10.0. The second-order valence-electron chi connectivity index (χ2n) is 6.60. The summed E-state index contributed by atoms with van der Waals surface area (Å²) in [5.74, 6) is 1.24. The third-order valence-corrected chi connectivity index (χ3v) is 7.20. The van der Waals surface area contributed by atoms with Crippen molar-refractivity contribution < 1.29 is 8.42 Å². The van der Waals surface area contributed by atoms with Gasteiger partial charge < -0.3 is 0 Å². The Kier molecular flexibility index (Phi) is 6.02. The molecule has 136 valence electrons. The van der Waals surface area contributed by atoms with Crippen molar-refractivity contribution in [1.82, 2.24) is 16.0 Å². The molecule has 2 fully saturated rings. The highest BCUT2D eigenvalue weighted by molar-refractivity contribution is 8.00. The maximum Gasteiger partial charge on any atom is 0.175 e. The summed E-state index contributed by atoms with van der Waals surface area (Å²) in [6.45, 7) is 1.65. The van der Waals surface area contributed by atoms with Gasteiger partial charge in [-0.15, -0.1) is 0 Å². The van der Waals surface area contributed by atoms with Gasteiger partial charge in [-0.05, 0) is 36.3 Å². The zero-order chi connectivity index (χ0) is 17.9. The van der Waals surface area contributed by atoms with Crippen LogP contribution in [0.5, 0.6) is 0 Å². The van der Waals surface area contributed by atoms with Crippen LogP contribution < -0.4 is 16.0 Å². The molecule has 4 atom stereocenters. The number of hydrogen-bond acceptors (Lipinski definition) is 7. The number of nitriles is 1. The first-order chi connectivity index (χ1) is 12.0. The SMILES string of the molecule is CS(=O)(=O)c1ccc(C2NC(NCC3CCCS3)CNC2C#N)cc1. The summed E-state index contributed by atoms with van der Waals surface area (Å²) in [5.41, 5.74) is 0.910. The zero-order valence-electron chi connectivity index (χ0n) is 14.2. The van der Waals surface area contributed by atoms with E-state index >= 15 is 0 Å². The molecule has 1 aromatic rings. The Morgan fingerprint density at radius 3 is 2.72 bits per heavy atom. The van der Waals surface area contributed by atoms with Crippen LogP contribution in [-0.4, -0.2) is 51.0 Å². The Bertz CT molecular complexity index is 724. The van der Waals surface area contributed by atoms with Crippen LogP contribution >= 0.6 is 11.8 Å². The lowest BCUT2D eigenvalue weighted by Crippen LogP contribution is -2.61. The molecule has 3 N–H and O–H groups in total. The van der Waals surface area contributed by atoms with Gasteiger partial charge in [0, 0.05) is 24.6 Å². The number of hydrogen-bond donors (Lipinski definition) is 3. The first-order valence-corrected chi connectivity index (χ1v) is 11.5. The summed E-state index contributed by atoms with van der Waals surface area (Å²) in [6.07, 6.45) is 3.83. The fourth-order valence-corrected chi connectivity index (χ4v) is 5.12. The van der Waals surface area contributed by atoms with E-state index in [1.807, 2.05) is 11.8 Å². The number of rotatable bonds is 5. The summed E-state index contributed by atoms with van der Waals surface area (Å²) in [6, 6.07) is 8.55. The Hall–Kier alpha value is -1.11. The van der Waals surface area contributed by atoms with Crippen LogP contribution in [0.15, 0.2) is 29.2 Å². The largest absolute Gasteiger partial charge is 0.300 e. The Labute approximate surface area is 153 Å². The Balaban J connectivity index is 1.67. The average Bonchev–Trinajstić information content (AvgIpc) is 3.12. The highest BCUT2D eigenvalue weighted by atomic mass is 32.2. The molecule has 25 heavy (non-hydrogen) atoms. The molecule has 2 aliphatic rings. The highest BCUT2D eigenvalue weighted by Gasteiger charge is 2.31. The molecule has 4 unspecified atom stereocenters. The van der Waals surface area contributed by atoms with Gasteiger partial charge in [0.25, 0.3) is 0 Å². The monoisotopic (exact) mass is 380 g/mol. The van der Waals surface area contributed by atoms with Crippen molar-refractivity contribution in [3.8, 4) is 6.07 Å². The van der Waals surface area contributed by atoms with E-state index in [2.05, 4.69) is 22.0 Å². The van der Waals surface area contributed by atoms with Gasteiger partial charge >= 0.3 is 0 Å². The lowest BCUT2D eigenvalue weighted by atomic mass is 9.97. The smallest absolute Gasteiger partial charge is 0.175 e. The number of thioether (sulfide) groups is 1. The predicted molar refractivity (Wildman–Crippen MR) is 100 cm³/mol. The van der Waals surface area contributed by atoms with Crippen LogP contribution in [0.3, 0.4) is 0 Å². The van der Waals surface area contributed by atoms with E-state index in [0.717, 1.165) is 12.1 Å². The van der Waals surface area contributed by atoms with E-state index in [9.17, 15) is 13.7 Å². The highest BCUT2D eigenvalue weighted by Crippen LogP contribution is 2.26. The van der Waals surface area contributed by atoms with Crippen molar-refractivity contribution >= 4 is 21.6 Å². The number of piperazine rings is 1. The predicted octanol–water partition coefficient (Wildman–Crippen LogP) is 1.03. The fraction of sp³-hybridized carbons (Fsp3) is 0.588. The van der Waals surface area contributed by atoms with E-state index < -0.39 is 9.84 Å². The van der Waals surface area contributed by atoms with Crippen molar-refractivity contribution in [3.05, 3.63) is 29.8 Å². The molecule has 0 bridgehead atoms. The van der Waals surface area contributed by atoms with E-state index in [0.29, 0.717) is 16.7 Å². The lowest BCUT2D eigenvalue weighted by Gasteiger charge is -2.36. The van der Waals surface area contributed by atoms with Crippen molar-refractivity contribution in [2.45, 2.75) is 41.2 Å². The van der Waals surface area contributed by atoms with Crippen LogP contribution in [-0.2, 0) is 9.84 Å². The van der Waals surface area contributed by atoms with Crippen molar-refractivity contribution in [1.29, 1.82) is 5.26 Å². The maximum absolute atomic E-state index is 11.6. The third-order valence-electron chi connectivity index (χ3n) is 4.68. The quantitative estimate of drug-likeness (QED) is 0.702. The molecule has 6 nitrogen and oxygen atoms in total. The topological polar surface area (TPSA) is 94.0 Å². The van der Waals surface area contributed by atoms with E-state index in [1.54, 1.807) is 24.3 Å². The molecule has 0 saturated carbocycles. The van der Waals surface area contributed by atoms with Gasteiger partial charge in [-0.1, -0.05) is 12.1 Å². The first kappa shape index (κ1) is 18.7. The minimum atomic E-state index is -3.21. The minimum Gasteiger partial charge on any atom is -0.300 e. The summed E-state index contributed by atoms with van der Waals surface area (Å²) < 4.78 is 23.2. The summed E-state index contributed by atoms with van der Waals surface area (Å²) in [7, 11) is -3.21. The van der Waals surface area contributed by atoms with Crippen molar-refractivity contribution in [3.63, 3.8) is 0 Å². The van der Waals surface area contributed by atoms with E-state index in [1.165, 1.54) is 24.9 Å². The van der Waals surface area contributed by atoms with Crippen LogP contribution in [0.25, 0.3) is 0 Å². The first-order valence-electron chi connectivity index (χ1n) is 8.51. The number of sulfone groups is 1.